The third-order valence-electron chi connectivity index (χ3n) is 3.56. The summed E-state index contributed by atoms with van der Waals surface area (Å²) in [4.78, 5) is 11.3. The fourth-order valence-electron chi connectivity index (χ4n) is 2.53. The van der Waals surface area contributed by atoms with Crippen LogP contribution in [0.2, 0.25) is 0 Å². The zero-order valence-corrected chi connectivity index (χ0v) is 12.3. The molecule has 0 aliphatic carbocycles. The highest BCUT2D eigenvalue weighted by Gasteiger charge is 2.39. The summed E-state index contributed by atoms with van der Waals surface area (Å²) in [6.45, 7) is 2.34. The molecule has 0 saturated carbocycles. The number of hydrogen-bond donors (Lipinski definition) is 1. The van der Waals surface area contributed by atoms with Crippen molar-refractivity contribution in [2.75, 3.05) is 6.54 Å². The van der Waals surface area contributed by atoms with Gasteiger partial charge in [0.25, 0.3) is 0 Å². The van der Waals surface area contributed by atoms with E-state index in [1.807, 2.05) is 0 Å². The van der Waals surface area contributed by atoms with Gasteiger partial charge in [0.15, 0.2) is 0 Å². The molecule has 1 saturated heterocycles. The van der Waals surface area contributed by atoms with E-state index in [0.717, 1.165) is 22.7 Å². The average molecular weight is 297 g/mol. The molecule has 20 heavy (non-hydrogen) atoms. The van der Waals surface area contributed by atoms with Crippen LogP contribution >= 0.6 is 0 Å². The second kappa shape index (κ2) is 5.93. The Morgan fingerprint density at radius 1 is 1.35 bits per heavy atom. The zero-order chi connectivity index (χ0) is 14.8. The molecule has 0 radical (unpaired) electrons. The molecule has 5 nitrogen and oxygen atoms in total. The topological polar surface area (TPSA) is 74.7 Å². The number of benzene rings is 1. The van der Waals surface area contributed by atoms with E-state index in [0.29, 0.717) is 12.8 Å². The highest BCUT2D eigenvalue weighted by Crippen LogP contribution is 2.26. The average Bonchev–Trinajstić information content (AvgIpc) is 2.90. The summed E-state index contributed by atoms with van der Waals surface area (Å²) in [5, 5.41) is 9.10. The molecule has 110 valence electrons. The van der Waals surface area contributed by atoms with Gasteiger partial charge in [0, 0.05) is 6.54 Å². The molecular weight excluding hydrogens is 278 g/mol. The van der Waals surface area contributed by atoms with Crippen LogP contribution in [0, 0.1) is 0 Å². The Morgan fingerprint density at radius 2 is 2.00 bits per heavy atom. The van der Waals surface area contributed by atoms with Crippen molar-refractivity contribution < 1.29 is 18.3 Å². The van der Waals surface area contributed by atoms with Gasteiger partial charge in [0.2, 0.25) is 10.0 Å². The van der Waals surface area contributed by atoms with E-state index < -0.39 is 22.0 Å². The quantitative estimate of drug-likeness (QED) is 0.900. The number of aryl methyl sites for hydroxylation is 1. The predicted octanol–water partition coefficient (Wildman–Crippen LogP) is 1.88. The van der Waals surface area contributed by atoms with Crippen LogP contribution in [0.15, 0.2) is 29.2 Å². The highest BCUT2D eigenvalue weighted by atomic mass is 32.2. The van der Waals surface area contributed by atoms with Crippen LogP contribution in [0.5, 0.6) is 0 Å². The fourth-order valence-corrected chi connectivity index (χ4v) is 4.18. The Balaban J connectivity index is 2.27. The maximum atomic E-state index is 12.5. The summed E-state index contributed by atoms with van der Waals surface area (Å²) in [5.41, 5.74) is 1.09. The first-order valence-electron chi connectivity index (χ1n) is 6.80. The van der Waals surface area contributed by atoms with Crippen LogP contribution in [-0.4, -0.2) is 36.4 Å². The molecule has 1 aromatic carbocycles. The first-order valence-corrected chi connectivity index (χ1v) is 8.24. The number of carbonyl (C=O) groups is 1. The van der Waals surface area contributed by atoms with Gasteiger partial charge in [-0.05, 0) is 37.0 Å². The first-order chi connectivity index (χ1) is 9.46. The Labute approximate surface area is 119 Å². The molecule has 2 rings (SSSR count). The molecule has 1 aliphatic rings. The second-order valence-electron chi connectivity index (χ2n) is 5.01. The second-order valence-corrected chi connectivity index (χ2v) is 6.90. The van der Waals surface area contributed by atoms with E-state index in [9.17, 15) is 13.2 Å². The normalized spacial score (nSPS) is 20.1. The van der Waals surface area contributed by atoms with Gasteiger partial charge in [0.05, 0.1) is 4.90 Å². The Hall–Kier alpha value is -1.40. The third kappa shape index (κ3) is 2.86. The molecular formula is C14H19NO4S. The minimum Gasteiger partial charge on any atom is -0.480 e. The van der Waals surface area contributed by atoms with Gasteiger partial charge >= 0.3 is 5.97 Å². The van der Waals surface area contributed by atoms with Crippen LogP contribution in [0.1, 0.15) is 31.7 Å². The van der Waals surface area contributed by atoms with Crippen molar-refractivity contribution in [2.24, 2.45) is 0 Å². The number of hydrogen-bond acceptors (Lipinski definition) is 3. The van der Waals surface area contributed by atoms with E-state index in [1.165, 1.54) is 0 Å². The lowest BCUT2D eigenvalue weighted by Crippen LogP contribution is -2.40. The molecule has 1 heterocycles. The first kappa shape index (κ1) is 15.0. The van der Waals surface area contributed by atoms with E-state index in [2.05, 4.69) is 6.92 Å². The van der Waals surface area contributed by atoms with E-state index in [1.54, 1.807) is 24.3 Å². The van der Waals surface area contributed by atoms with Gasteiger partial charge < -0.3 is 5.11 Å². The van der Waals surface area contributed by atoms with Crippen LogP contribution < -0.4 is 0 Å². The fraction of sp³-hybridized carbons (Fsp3) is 0.500. The van der Waals surface area contributed by atoms with Crippen molar-refractivity contribution >= 4 is 16.0 Å². The number of rotatable bonds is 5. The standard InChI is InChI=1S/C14H19NO4S/c1-2-4-11-6-8-12(9-7-11)20(18,19)15-10-3-5-13(15)14(16)17/h6-9,13H,2-5,10H2,1H3,(H,16,17)/t13-/m0/s1. The van der Waals surface area contributed by atoms with Crippen LogP contribution in [0.3, 0.4) is 0 Å². The summed E-state index contributed by atoms with van der Waals surface area (Å²) >= 11 is 0. The zero-order valence-electron chi connectivity index (χ0n) is 11.4. The van der Waals surface area contributed by atoms with Crippen molar-refractivity contribution in [2.45, 2.75) is 43.5 Å². The summed E-state index contributed by atoms with van der Waals surface area (Å²) in [6, 6.07) is 5.79. The molecule has 0 spiro atoms. The molecule has 6 heteroatoms. The number of carboxylic acid groups (broad SMARTS) is 1. The molecule has 0 amide bonds. The van der Waals surface area contributed by atoms with Gasteiger partial charge in [-0.2, -0.15) is 4.31 Å². The Morgan fingerprint density at radius 3 is 2.55 bits per heavy atom. The van der Waals surface area contributed by atoms with Crippen molar-refractivity contribution in [1.29, 1.82) is 0 Å². The summed E-state index contributed by atoms with van der Waals surface area (Å²) in [6.07, 6.45) is 2.87. The minimum atomic E-state index is -3.71. The predicted molar refractivity (Wildman–Crippen MR) is 75.0 cm³/mol. The van der Waals surface area contributed by atoms with Gasteiger partial charge in [-0.25, -0.2) is 8.42 Å². The number of carboxylic acids is 1. The Kier molecular flexibility index (Phi) is 4.45. The molecule has 0 bridgehead atoms. The maximum Gasteiger partial charge on any atom is 0.322 e. The van der Waals surface area contributed by atoms with Crippen molar-refractivity contribution in [3.8, 4) is 0 Å². The SMILES string of the molecule is CCCc1ccc(S(=O)(=O)N2CCC[C@H]2C(=O)O)cc1. The van der Waals surface area contributed by atoms with Crippen molar-refractivity contribution in [3.63, 3.8) is 0 Å². The number of sulfonamides is 1. The van der Waals surface area contributed by atoms with E-state index >= 15 is 0 Å². The van der Waals surface area contributed by atoms with Gasteiger partial charge in [-0.15, -0.1) is 0 Å². The molecule has 0 unspecified atom stereocenters. The lowest BCUT2D eigenvalue weighted by atomic mass is 10.1. The van der Waals surface area contributed by atoms with Gasteiger partial charge in [0.1, 0.15) is 6.04 Å². The number of aliphatic carboxylic acids is 1. The lowest BCUT2D eigenvalue weighted by Gasteiger charge is -2.21. The van der Waals surface area contributed by atoms with Crippen LogP contribution in [0.4, 0.5) is 0 Å². The van der Waals surface area contributed by atoms with Crippen LogP contribution in [0.25, 0.3) is 0 Å². The number of nitrogens with zero attached hydrogens (tertiary/aromatic N) is 1. The third-order valence-corrected chi connectivity index (χ3v) is 5.48. The summed E-state index contributed by atoms with van der Waals surface area (Å²) in [5.74, 6) is -1.08. The van der Waals surface area contributed by atoms with E-state index in [-0.39, 0.29) is 11.4 Å². The molecule has 0 aromatic heterocycles. The molecule has 1 aromatic rings. The molecule has 1 aliphatic heterocycles. The highest BCUT2D eigenvalue weighted by molar-refractivity contribution is 7.89. The van der Waals surface area contributed by atoms with E-state index in [4.69, 9.17) is 5.11 Å². The minimum absolute atomic E-state index is 0.172. The summed E-state index contributed by atoms with van der Waals surface area (Å²) < 4.78 is 26.1. The smallest absolute Gasteiger partial charge is 0.322 e. The molecule has 1 N–H and O–H groups in total. The lowest BCUT2D eigenvalue weighted by molar-refractivity contribution is -0.140. The van der Waals surface area contributed by atoms with Crippen LogP contribution in [-0.2, 0) is 21.2 Å². The van der Waals surface area contributed by atoms with Crippen molar-refractivity contribution in [3.05, 3.63) is 29.8 Å². The van der Waals surface area contributed by atoms with Gasteiger partial charge in [-0.1, -0.05) is 25.5 Å². The monoisotopic (exact) mass is 297 g/mol. The maximum absolute atomic E-state index is 12.5. The largest absolute Gasteiger partial charge is 0.480 e. The van der Waals surface area contributed by atoms with Crippen molar-refractivity contribution in [1.82, 2.24) is 4.31 Å². The van der Waals surface area contributed by atoms with Gasteiger partial charge in [-0.3, -0.25) is 4.79 Å². The summed E-state index contributed by atoms with van der Waals surface area (Å²) in [7, 11) is -3.71. The molecule has 1 atom stereocenters. The Bertz CT molecular complexity index is 580. The molecule has 1 fully saturated rings.